The van der Waals surface area contributed by atoms with Crippen molar-refractivity contribution in [3.8, 4) is 11.5 Å². The minimum Gasteiger partial charge on any atom is -0.488 e. The first-order chi connectivity index (χ1) is 14.7. The van der Waals surface area contributed by atoms with Gasteiger partial charge in [-0.3, -0.25) is 0 Å². The van der Waals surface area contributed by atoms with E-state index in [-0.39, 0.29) is 0 Å². The zero-order chi connectivity index (χ0) is 21.2. The fourth-order valence-electron chi connectivity index (χ4n) is 3.32. The monoisotopic (exact) mass is 416 g/mol. The number of hydrogen-bond acceptors (Lipinski definition) is 7. The highest BCUT2D eigenvalue weighted by Crippen LogP contribution is 2.31. The average Bonchev–Trinajstić information content (AvgIpc) is 2.77. The maximum atomic E-state index is 6.14. The molecule has 0 spiro atoms. The number of methoxy groups -OCH3 is 2. The van der Waals surface area contributed by atoms with Crippen LogP contribution in [0.1, 0.15) is 5.56 Å². The van der Waals surface area contributed by atoms with Crippen LogP contribution in [0.25, 0.3) is 0 Å². The Labute approximate surface area is 179 Å². The van der Waals surface area contributed by atoms with E-state index < -0.39 is 0 Å². The number of anilines is 2. The van der Waals surface area contributed by atoms with E-state index in [1.807, 2.05) is 30.3 Å². The lowest BCUT2D eigenvalue weighted by molar-refractivity contribution is 0.119. The van der Waals surface area contributed by atoms with Gasteiger partial charge in [0, 0.05) is 27.3 Å². The number of ether oxygens (including phenoxy) is 5. The summed E-state index contributed by atoms with van der Waals surface area (Å²) >= 11 is 0. The van der Waals surface area contributed by atoms with Gasteiger partial charge in [0.1, 0.15) is 38.2 Å². The van der Waals surface area contributed by atoms with E-state index in [2.05, 4.69) is 28.9 Å². The normalized spacial score (nSPS) is 15.0. The van der Waals surface area contributed by atoms with Gasteiger partial charge in [-0.25, -0.2) is 0 Å². The summed E-state index contributed by atoms with van der Waals surface area (Å²) in [7, 11) is 3.40. The van der Waals surface area contributed by atoms with Crippen LogP contribution in [0.2, 0.25) is 0 Å². The topological polar surface area (TPSA) is 52.6 Å². The predicted octanol–water partition coefficient (Wildman–Crippen LogP) is 3.30. The number of hydrogen-bond donors (Lipinski definition) is 0. The van der Waals surface area contributed by atoms with Crippen molar-refractivity contribution in [3.05, 3.63) is 48.0 Å². The molecule has 0 radical (unpaired) electrons. The summed E-state index contributed by atoms with van der Waals surface area (Å²) in [5, 5.41) is 0. The van der Waals surface area contributed by atoms with Gasteiger partial charge in [0.05, 0.1) is 24.6 Å². The molecule has 0 atom stereocenters. The highest BCUT2D eigenvalue weighted by atomic mass is 16.5. The largest absolute Gasteiger partial charge is 0.488 e. The summed E-state index contributed by atoms with van der Waals surface area (Å²) in [6, 6.07) is 14.2. The predicted molar refractivity (Wildman–Crippen MR) is 118 cm³/mol. The molecule has 0 aliphatic carbocycles. The number of rotatable bonds is 6. The second-order valence-corrected chi connectivity index (χ2v) is 7.11. The summed E-state index contributed by atoms with van der Waals surface area (Å²) < 4.78 is 28.9. The summed E-state index contributed by atoms with van der Waals surface area (Å²) in [5.41, 5.74) is 3.10. The van der Waals surface area contributed by atoms with Gasteiger partial charge in [-0.15, -0.1) is 0 Å². The van der Waals surface area contributed by atoms with Crippen molar-refractivity contribution in [2.45, 2.75) is 6.92 Å². The van der Waals surface area contributed by atoms with Crippen molar-refractivity contribution in [2.75, 3.05) is 77.0 Å². The van der Waals surface area contributed by atoms with Crippen molar-refractivity contribution in [1.29, 1.82) is 0 Å². The molecular formula is C23H32N2O5. The lowest BCUT2D eigenvalue weighted by Crippen LogP contribution is -2.35. The second-order valence-electron chi connectivity index (χ2n) is 7.11. The highest BCUT2D eigenvalue weighted by Gasteiger charge is 2.17. The van der Waals surface area contributed by atoms with E-state index in [4.69, 9.17) is 23.7 Å². The zero-order valence-electron chi connectivity index (χ0n) is 18.1. The van der Waals surface area contributed by atoms with Crippen molar-refractivity contribution >= 4 is 11.4 Å². The molecule has 0 aromatic heterocycles. The Hall–Kier alpha value is -2.48. The van der Waals surface area contributed by atoms with Gasteiger partial charge in [0.25, 0.3) is 0 Å². The van der Waals surface area contributed by atoms with Crippen molar-refractivity contribution in [1.82, 2.24) is 0 Å². The molecule has 1 aliphatic heterocycles. The van der Waals surface area contributed by atoms with Gasteiger partial charge < -0.3 is 33.5 Å². The quantitative estimate of drug-likeness (QED) is 0.716. The third-order valence-corrected chi connectivity index (χ3v) is 4.89. The van der Waals surface area contributed by atoms with Crippen LogP contribution < -0.4 is 19.3 Å². The molecule has 1 aliphatic rings. The second kappa shape index (κ2) is 11.6. The van der Waals surface area contributed by atoms with Gasteiger partial charge in [-0.05, 0) is 36.8 Å². The van der Waals surface area contributed by atoms with Gasteiger partial charge in [-0.2, -0.15) is 0 Å². The molecule has 0 amide bonds. The molecule has 2 aromatic carbocycles. The van der Waals surface area contributed by atoms with Crippen molar-refractivity contribution in [3.63, 3.8) is 0 Å². The Morgan fingerprint density at radius 2 is 1.40 bits per heavy atom. The van der Waals surface area contributed by atoms with Crippen LogP contribution in [-0.2, 0) is 14.2 Å². The van der Waals surface area contributed by atoms with Crippen LogP contribution in [0, 0.1) is 6.92 Å². The molecule has 30 heavy (non-hydrogen) atoms. The Morgan fingerprint density at radius 1 is 0.800 bits per heavy atom. The standard InChI is InChI=1S/C23H32N2O5/c1-19-8-9-21-23(16-19)30-15-14-29-22-7-5-4-6-20(22)24(10-12-26-2)17-28-18-25(21)11-13-27-3/h4-9,16H,10-15,17-18H2,1-3H3. The van der Waals surface area contributed by atoms with Gasteiger partial charge >= 0.3 is 0 Å². The highest BCUT2D eigenvalue weighted by molar-refractivity contribution is 5.60. The number of aryl methyl sites for hydroxylation is 1. The van der Waals surface area contributed by atoms with E-state index in [1.165, 1.54) is 0 Å². The first kappa shape index (κ1) is 22.2. The Morgan fingerprint density at radius 3 is 2.07 bits per heavy atom. The maximum absolute atomic E-state index is 6.14. The van der Waals surface area contributed by atoms with E-state index in [9.17, 15) is 0 Å². The van der Waals surface area contributed by atoms with Crippen LogP contribution in [0.4, 0.5) is 11.4 Å². The van der Waals surface area contributed by atoms with Crippen LogP contribution >= 0.6 is 0 Å². The molecule has 0 fully saturated rings. The summed E-state index contributed by atoms with van der Waals surface area (Å²) in [6.07, 6.45) is 0. The van der Waals surface area contributed by atoms with Crippen molar-refractivity contribution in [2.24, 2.45) is 0 Å². The molecule has 1 heterocycles. The maximum Gasteiger partial charge on any atom is 0.143 e. The van der Waals surface area contributed by atoms with Crippen LogP contribution in [0.5, 0.6) is 11.5 Å². The molecule has 0 bridgehead atoms. The van der Waals surface area contributed by atoms with Gasteiger partial charge in [0.2, 0.25) is 0 Å². The third kappa shape index (κ3) is 6.01. The Kier molecular flexibility index (Phi) is 8.62. The van der Waals surface area contributed by atoms with E-state index in [1.54, 1.807) is 14.2 Å². The van der Waals surface area contributed by atoms with E-state index >= 15 is 0 Å². The summed E-state index contributed by atoms with van der Waals surface area (Å²) in [4.78, 5) is 4.26. The molecule has 0 saturated carbocycles. The van der Waals surface area contributed by atoms with Gasteiger partial charge in [-0.1, -0.05) is 18.2 Å². The zero-order valence-corrected chi connectivity index (χ0v) is 18.1. The Bertz CT molecular complexity index is 786. The average molecular weight is 417 g/mol. The molecule has 3 rings (SSSR count). The molecule has 7 nitrogen and oxygen atoms in total. The van der Waals surface area contributed by atoms with Crippen LogP contribution in [-0.4, -0.2) is 67.2 Å². The lowest BCUT2D eigenvalue weighted by Gasteiger charge is -2.29. The molecular weight excluding hydrogens is 384 g/mol. The minimum absolute atomic E-state index is 0.412. The third-order valence-electron chi connectivity index (χ3n) is 4.89. The first-order valence-electron chi connectivity index (χ1n) is 10.2. The Balaban J connectivity index is 1.87. The number of fused-ring (bicyclic) bond motifs is 2. The number of benzene rings is 2. The molecule has 0 unspecified atom stereocenters. The smallest absolute Gasteiger partial charge is 0.143 e. The number of para-hydroxylation sites is 2. The van der Waals surface area contributed by atoms with E-state index in [0.717, 1.165) is 28.4 Å². The molecule has 2 aromatic rings. The lowest BCUT2D eigenvalue weighted by atomic mass is 10.2. The molecule has 7 heteroatoms. The summed E-state index contributed by atoms with van der Waals surface area (Å²) in [5.74, 6) is 1.63. The van der Waals surface area contributed by atoms with E-state index in [0.29, 0.717) is 53.0 Å². The van der Waals surface area contributed by atoms with Gasteiger partial charge in [0.15, 0.2) is 0 Å². The fourth-order valence-corrected chi connectivity index (χ4v) is 3.32. The molecule has 164 valence electrons. The van der Waals surface area contributed by atoms with Crippen LogP contribution in [0.3, 0.4) is 0 Å². The number of nitrogens with zero attached hydrogens (tertiary/aromatic N) is 2. The fraction of sp³-hybridized carbons (Fsp3) is 0.478. The summed E-state index contributed by atoms with van der Waals surface area (Å²) in [6.45, 7) is 6.35. The first-order valence-corrected chi connectivity index (χ1v) is 10.2. The minimum atomic E-state index is 0.412. The van der Waals surface area contributed by atoms with Crippen LogP contribution in [0.15, 0.2) is 42.5 Å². The SMILES string of the molecule is COCCN1COCN(CCOC)c2ccc(C)cc2OCCOc2ccccc21. The van der Waals surface area contributed by atoms with Crippen molar-refractivity contribution < 1.29 is 23.7 Å². The molecule has 0 saturated heterocycles. The molecule has 0 N–H and O–H groups in total.